The van der Waals surface area contributed by atoms with Gasteiger partial charge in [-0.1, -0.05) is 36.4 Å². The van der Waals surface area contributed by atoms with Gasteiger partial charge in [-0.3, -0.25) is 9.20 Å². The molecule has 1 aliphatic rings. The van der Waals surface area contributed by atoms with Crippen LogP contribution in [-0.2, 0) is 16.0 Å². The van der Waals surface area contributed by atoms with Gasteiger partial charge in [0.25, 0.3) is 0 Å². The Labute approximate surface area is 259 Å². The second-order valence-corrected chi connectivity index (χ2v) is 11.5. The summed E-state index contributed by atoms with van der Waals surface area (Å²) < 4.78 is 7.52. The molecular weight excluding hydrogens is 570 g/mol. The van der Waals surface area contributed by atoms with E-state index in [0.717, 1.165) is 70.7 Å². The Morgan fingerprint density at radius 1 is 0.955 bits per heavy atom. The fraction of sp³-hybridized carbons (Fsp3) is 0.176. The number of benzene rings is 3. The topological polar surface area (TPSA) is 96.7 Å². The number of thiazole rings is 1. The number of amides is 1. The van der Waals surface area contributed by atoms with Gasteiger partial charge in [0.2, 0.25) is 11.9 Å². The SMILES string of the molecule is Cc1ccccc1CC(=O)Nc1cccc(-c2nc3sccn3c2-c2ccnc(Nc3ccc(N4CCOCC4)cc3)n2)c1. The van der Waals surface area contributed by atoms with Crippen LogP contribution < -0.4 is 15.5 Å². The maximum absolute atomic E-state index is 12.9. The minimum atomic E-state index is -0.0630. The number of ether oxygens (including phenoxy) is 1. The summed E-state index contributed by atoms with van der Waals surface area (Å²) in [6.45, 7) is 5.31. The molecule has 6 aromatic rings. The predicted molar refractivity (Wildman–Crippen MR) is 176 cm³/mol. The number of rotatable bonds is 8. The third-order valence-electron chi connectivity index (χ3n) is 7.69. The van der Waals surface area contributed by atoms with Crippen molar-refractivity contribution in [2.24, 2.45) is 0 Å². The number of aromatic nitrogens is 4. The van der Waals surface area contributed by atoms with Gasteiger partial charge in [-0.25, -0.2) is 15.0 Å². The van der Waals surface area contributed by atoms with Gasteiger partial charge in [-0.2, -0.15) is 0 Å². The smallest absolute Gasteiger partial charge is 0.228 e. The van der Waals surface area contributed by atoms with E-state index < -0.39 is 0 Å². The number of nitrogens with one attached hydrogen (secondary N) is 2. The van der Waals surface area contributed by atoms with Crippen LogP contribution in [0, 0.1) is 6.92 Å². The predicted octanol–water partition coefficient (Wildman–Crippen LogP) is 6.59. The van der Waals surface area contributed by atoms with Crippen molar-refractivity contribution in [1.29, 1.82) is 0 Å². The first-order chi connectivity index (χ1) is 21.6. The number of morpholine rings is 1. The fourth-order valence-electron chi connectivity index (χ4n) is 5.42. The van der Waals surface area contributed by atoms with E-state index >= 15 is 0 Å². The number of anilines is 4. The van der Waals surface area contributed by atoms with Crippen LogP contribution in [0.2, 0.25) is 0 Å². The average molecular weight is 602 g/mol. The van der Waals surface area contributed by atoms with Crippen LogP contribution in [0.15, 0.2) is 96.6 Å². The largest absolute Gasteiger partial charge is 0.378 e. The lowest BCUT2D eigenvalue weighted by Crippen LogP contribution is -2.36. The number of nitrogens with zero attached hydrogens (tertiary/aromatic N) is 5. The third-order valence-corrected chi connectivity index (χ3v) is 8.45. The van der Waals surface area contributed by atoms with E-state index in [9.17, 15) is 4.79 Å². The van der Waals surface area contributed by atoms with Crippen molar-refractivity contribution in [3.8, 4) is 22.6 Å². The van der Waals surface area contributed by atoms with E-state index in [1.54, 1.807) is 17.5 Å². The molecule has 0 bridgehead atoms. The summed E-state index contributed by atoms with van der Waals surface area (Å²) in [4.78, 5) is 30.4. The van der Waals surface area contributed by atoms with E-state index in [1.165, 1.54) is 5.69 Å². The number of hydrogen-bond donors (Lipinski definition) is 2. The fourth-order valence-corrected chi connectivity index (χ4v) is 6.13. The zero-order chi connectivity index (χ0) is 29.9. The Morgan fingerprint density at radius 3 is 2.64 bits per heavy atom. The van der Waals surface area contributed by atoms with Gasteiger partial charge in [-0.15, -0.1) is 11.3 Å². The third kappa shape index (κ3) is 5.90. The van der Waals surface area contributed by atoms with Gasteiger partial charge in [0, 0.05) is 53.5 Å². The normalized spacial score (nSPS) is 13.2. The Bertz CT molecular complexity index is 1930. The van der Waals surface area contributed by atoms with Crippen LogP contribution in [0.25, 0.3) is 27.6 Å². The molecule has 0 spiro atoms. The summed E-state index contributed by atoms with van der Waals surface area (Å²) in [5, 5.41) is 8.42. The van der Waals surface area contributed by atoms with Gasteiger partial charge >= 0.3 is 0 Å². The molecule has 0 atom stereocenters. The van der Waals surface area contributed by atoms with Crippen molar-refractivity contribution < 1.29 is 9.53 Å². The number of fused-ring (bicyclic) bond motifs is 1. The second-order valence-electron chi connectivity index (χ2n) is 10.6. The van der Waals surface area contributed by atoms with E-state index in [1.807, 2.05) is 89.6 Å². The highest BCUT2D eigenvalue weighted by molar-refractivity contribution is 7.15. The van der Waals surface area contributed by atoms with Crippen molar-refractivity contribution in [3.63, 3.8) is 0 Å². The van der Waals surface area contributed by atoms with Crippen molar-refractivity contribution >= 4 is 45.2 Å². The van der Waals surface area contributed by atoms with Crippen LogP contribution in [0.3, 0.4) is 0 Å². The molecule has 220 valence electrons. The monoisotopic (exact) mass is 601 g/mol. The molecule has 3 aromatic carbocycles. The molecular formula is C34H31N7O2S. The van der Waals surface area contributed by atoms with Crippen molar-refractivity contribution in [3.05, 3.63) is 108 Å². The van der Waals surface area contributed by atoms with Crippen LogP contribution in [0.5, 0.6) is 0 Å². The van der Waals surface area contributed by atoms with E-state index in [-0.39, 0.29) is 5.91 Å². The molecule has 10 heteroatoms. The van der Waals surface area contributed by atoms with Crippen molar-refractivity contribution in [2.75, 3.05) is 41.8 Å². The van der Waals surface area contributed by atoms with Gasteiger partial charge in [-0.05, 0) is 60.5 Å². The van der Waals surface area contributed by atoms with E-state index in [0.29, 0.717) is 18.1 Å². The highest BCUT2D eigenvalue weighted by Gasteiger charge is 2.19. The van der Waals surface area contributed by atoms with E-state index in [4.69, 9.17) is 14.7 Å². The molecule has 1 fully saturated rings. The number of aryl methyl sites for hydroxylation is 1. The highest BCUT2D eigenvalue weighted by atomic mass is 32.1. The summed E-state index contributed by atoms with van der Waals surface area (Å²) in [7, 11) is 0. The van der Waals surface area contributed by atoms with Gasteiger partial charge in [0.15, 0.2) is 4.96 Å². The zero-order valence-electron chi connectivity index (χ0n) is 24.2. The molecule has 1 amide bonds. The molecule has 3 aromatic heterocycles. The second kappa shape index (κ2) is 12.3. The summed E-state index contributed by atoms with van der Waals surface area (Å²) in [5.41, 5.74) is 8.17. The summed E-state index contributed by atoms with van der Waals surface area (Å²) >= 11 is 1.56. The maximum atomic E-state index is 12.9. The summed E-state index contributed by atoms with van der Waals surface area (Å²) in [6.07, 6.45) is 4.07. The summed E-state index contributed by atoms with van der Waals surface area (Å²) in [5.74, 6) is 0.432. The molecule has 2 N–H and O–H groups in total. The number of carbonyl (C=O) groups excluding carboxylic acids is 1. The number of carbonyl (C=O) groups is 1. The highest BCUT2D eigenvalue weighted by Crippen LogP contribution is 2.35. The molecule has 0 aliphatic carbocycles. The molecule has 44 heavy (non-hydrogen) atoms. The molecule has 9 nitrogen and oxygen atoms in total. The van der Waals surface area contributed by atoms with Crippen LogP contribution >= 0.6 is 11.3 Å². The molecule has 0 radical (unpaired) electrons. The lowest BCUT2D eigenvalue weighted by atomic mass is 10.1. The molecule has 4 heterocycles. The Morgan fingerprint density at radius 2 is 1.80 bits per heavy atom. The number of hydrogen-bond acceptors (Lipinski definition) is 8. The van der Waals surface area contributed by atoms with Crippen LogP contribution in [0.1, 0.15) is 11.1 Å². The first-order valence-electron chi connectivity index (χ1n) is 14.5. The Kier molecular flexibility index (Phi) is 7.74. The number of imidazole rings is 1. The minimum Gasteiger partial charge on any atom is -0.378 e. The first kappa shape index (κ1) is 27.8. The van der Waals surface area contributed by atoms with Crippen molar-refractivity contribution in [1.82, 2.24) is 19.4 Å². The maximum Gasteiger partial charge on any atom is 0.228 e. The van der Waals surface area contributed by atoms with Gasteiger partial charge in [0.05, 0.1) is 31.0 Å². The molecule has 1 saturated heterocycles. The first-order valence-corrected chi connectivity index (χ1v) is 15.4. The Balaban J connectivity index is 1.14. The van der Waals surface area contributed by atoms with E-state index in [2.05, 4.69) is 32.7 Å². The zero-order valence-corrected chi connectivity index (χ0v) is 25.1. The van der Waals surface area contributed by atoms with Crippen molar-refractivity contribution in [2.45, 2.75) is 13.3 Å². The Hall–Kier alpha value is -5.06. The molecule has 0 unspecified atom stereocenters. The average Bonchev–Trinajstić information content (AvgIpc) is 3.65. The minimum absolute atomic E-state index is 0.0630. The molecule has 7 rings (SSSR count). The lowest BCUT2D eigenvalue weighted by Gasteiger charge is -2.28. The van der Waals surface area contributed by atoms with Crippen LogP contribution in [-0.4, -0.2) is 51.6 Å². The molecule has 1 aliphatic heterocycles. The lowest BCUT2D eigenvalue weighted by molar-refractivity contribution is -0.115. The summed E-state index contributed by atoms with van der Waals surface area (Å²) in [6, 6.07) is 25.9. The molecule has 0 saturated carbocycles. The quantitative estimate of drug-likeness (QED) is 0.203. The standard InChI is InChI=1S/C34H31N7O2S/c1-23-5-2-3-6-24(23)22-30(42)36-27-8-4-7-25(21-27)31-32(41-17-20-44-34(41)39-31)29-13-14-35-33(38-29)37-26-9-11-28(12-10-26)40-15-18-43-19-16-40/h2-14,17,20-21H,15-16,18-19,22H2,1H3,(H,36,42)(H,35,37,38). The van der Waals surface area contributed by atoms with Gasteiger partial charge < -0.3 is 20.3 Å². The van der Waals surface area contributed by atoms with Gasteiger partial charge in [0.1, 0.15) is 5.69 Å². The van der Waals surface area contributed by atoms with Crippen LogP contribution in [0.4, 0.5) is 23.0 Å².